The van der Waals surface area contributed by atoms with Gasteiger partial charge in [0.2, 0.25) is 5.91 Å². The van der Waals surface area contributed by atoms with Crippen LogP contribution in [0, 0.1) is 0 Å². The van der Waals surface area contributed by atoms with Gasteiger partial charge in [0.25, 0.3) is 0 Å². The maximum absolute atomic E-state index is 13.3. The van der Waals surface area contributed by atoms with Crippen molar-refractivity contribution in [2.24, 2.45) is 5.73 Å². The first-order valence-corrected chi connectivity index (χ1v) is 12.8. The number of thiol groups is 1. The molecule has 2 saturated heterocycles. The van der Waals surface area contributed by atoms with Crippen LogP contribution < -0.4 is 11.2 Å². The molecule has 2 aromatic carbocycles. The molecule has 5 nitrogen and oxygen atoms in total. The van der Waals surface area contributed by atoms with Gasteiger partial charge in [-0.1, -0.05) is 42.5 Å². The van der Waals surface area contributed by atoms with Gasteiger partial charge in [-0.3, -0.25) is 4.79 Å². The van der Waals surface area contributed by atoms with E-state index in [4.69, 9.17) is 23.0 Å². The molecule has 0 saturated carbocycles. The molecule has 0 radical (unpaired) electrons. The summed E-state index contributed by atoms with van der Waals surface area (Å²) >= 11 is 6.51. The fraction of sp³-hybridized carbons (Fsp3) is 0.458. The van der Waals surface area contributed by atoms with E-state index in [9.17, 15) is 9.82 Å². The van der Waals surface area contributed by atoms with Crippen molar-refractivity contribution in [3.8, 4) is 0 Å². The summed E-state index contributed by atoms with van der Waals surface area (Å²) in [5, 5.41) is 9.98. The Hall–Kier alpha value is -1.45. The number of carbonyl (C=O) groups is 1. The van der Waals surface area contributed by atoms with E-state index in [1.54, 1.807) is 11.8 Å². The molecule has 2 fully saturated rings. The number of amides is 1. The zero-order valence-corrected chi connectivity index (χ0v) is 19.7. The molecular formula is C24H29BN2O3S2. The summed E-state index contributed by atoms with van der Waals surface area (Å²) in [5.74, 6) is 0.915. The highest BCUT2D eigenvalue weighted by molar-refractivity contribution is 8.11. The van der Waals surface area contributed by atoms with E-state index >= 15 is 0 Å². The van der Waals surface area contributed by atoms with Crippen molar-refractivity contribution in [2.45, 2.75) is 54.1 Å². The molecule has 3 heterocycles. The first-order chi connectivity index (χ1) is 15.5. The number of thioether (sulfide) groups is 1. The molecule has 168 valence electrons. The second-order valence-corrected chi connectivity index (χ2v) is 11.2. The lowest BCUT2D eigenvalue weighted by atomic mass is 9.76. The first kappa shape index (κ1) is 22.4. The van der Waals surface area contributed by atoms with Crippen molar-refractivity contribution < 1.29 is 14.5 Å². The van der Waals surface area contributed by atoms with Gasteiger partial charge in [-0.25, -0.2) is 0 Å². The highest BCUT2D eigenvalue weighted by Gasteiger charge is 2.42. The van der Waals surface area contributed by atoms with Gasteiger partial charge >= 0.3 is 7.12 Å². The largest absolute Gasteiger partial charge is 0.491 e. The number of hydrogen-bond acceptors (Lipinski definition) is 6. The number of fused-ring (bicyclic) bond motifs is 1. The highest BCUT2D eigenvalue weighted by atomic mass is 32.2. The number of likely N-dealkylation sites (tertiary alicyclic amines) is 1. The van der Waals surface area contributed by atoms with Crippen LogP contribution in [-0.2, 0) is 22.6 Å². The molecule has 3 aliphatic heterocycles. The van der Waals surface area contributed by atoms with E-state index in [0.717, 1.165) is 43.4 Å². The normalized spacial score (nSPS) is 25.9. The van der Waals surface area contributed by atoms with Crippen molar-refractivity contribution in [1.82, 2.24) is 4.90 Å². The van der Waals surface area contributed by atoms with Crippen molar-refractivity contribution in [3.05, 3.63) is 64.7 Å². The minimum absolute atomic E-state index is 0.0599. The van der Waals surface area contributed by atoms with E-state index in [-0.39, 0.29) is 21.7 Å². The van der Waals surface area contributed by atoms with Gasteiger partial charge in [-0.2, -0.15) is 12.6 Å². The third-order valence-electron chi connectivity index (χ3n) is 7.16. The SMILES string of the molecule is NCc1cccc(C2CCN(C(=O)C3CC(c4cccc5c4COB5O)C(S)S3)CC2)c1. The van der Waals surface area contributed by atoms with Crippen LogP contribution >= 0.6 is 24.4 Å². The van der Waals surface area contributed by atoms with E-state index in [1.807, 2.05) is 17.0 Å². The molecule has 0 aromatic heterocycles. The van der Waals surface area contributed by atoms with Crippen molar-refractivity contribution in [3.63, 3.8) is 0 Å². The molecule has 8 heteroatoms. The molecule has 3 atom stereocenters. The van der Waals surface area contributed by atoms with Crippen LogP contribution in [0.3, 0.4) is 0 Å². The van der Waals surface area contributed by atoms with Gasteiger partial charge in [0.05, 0.1) is 16.4 Å². The Labute approximate surface area is 199 Å². The van der Waals surface area contributed by atoms with Crippen LogP contribution in [0.4, 0.5) is 0 Å². The van der Waals surface area contributed by atoms with Gasteiger partial charge in [-0.15, -0.1) is 11.8 Å². The molecule has 1 amide bonds. The predicted octanol–water partition coefficient (Wildman–Crippen LogP) is 2.61. The van der Waals surface area contributed by atoms with Crippen LogP contribution in [0.2, 0.25) is 0 Å². The zero-order chi connectivity index (χ0) is 22.2. The second-order valence-electron chi connectivity index (χ2n) is 8.98. The van der Waals surface area contributed by atoms with Gasteiger partial charge in [-0.05, 0) is 52.9 Å². The van der Waals surface area contributed by atoms with E-state index < -0.39 is 7.12 Å². The van der Waals surface area contributed by atoms with Gasteiger partial charge in [0.15, 0.2) is 0 Å². The zero-order valence-electron chi connectivity index (χ0n) is 18.0. The van der Waals surface area contributed by atoms with E-state index in [1.165, 1.54) is 16.7 Å². The van der Waals surface area contributed by atoms with Crippen LogP contribution in [-0.4, -0.2) is 45.9 Å². The standard InChI is InChI=1S/C24H29BN2O3S2/c26-13-15-3-1-4-17(11-15)16-7-9-27(10-8-16)23(28)22-12-19(24(31)32-22)18-5-2-6-21-20(18)14-30-25(21)29/h1-6,11,16,19,22,24,29,31H,7-10,12-14,26H2. The summed E-state index contributed by atoms with van der Waals surface area (Å²) in [6, 6.07) is 14.5. The quantitative estimate of drug-likeness (QED) is 0.475. The lowest BCUT2D eigenvalue weighted by molar-refractivity contribution is -0.131. The molecule has 32 heavy (non-hydrogen) atoms. The third kappa shape index (κ3) is 4.23. The molecule has 5 rings (SSSR count). The average molecular weight is 468 g/mol. The molecule has 3 unspecified atom stereocenters. The summed E-state index contributed by atoms with van der Waals surface area (Å²) in [5.41, 5.74) is 11.4. The minimum Gasteiger partial charge on any atom is -0.423 e. The number of carbonyl (C=O) groups excluding carboxylic acids is 1. The Morgan fingerprint density at radius 3 is 2.81 bits per heavy atom. The second kappa shape index (κ2) is 9.43. The van der Waals surface area contributed by atoms with E-state index in [2.05, 4.69) is 30.3 Å². The molecule has 0 spiro atoms. The fourth-order valence-corrected chi connectivity index (χ4v) is 7.43. The number of hydrogen-bond donors (Lipinski definition) is 3. The summed E-state index contributed by atoms with van der Waals surface area (Å²) in [4.78, 5) is 15.4. The van der Waals surface area contributed by atoms with Crippen molar-refractivity contribution in [2.75, 3.05) is 13.1 Å². The Kier molecular flexibility index (Phi) is 6.59. The number of nitrogens with two attached hydrogens (primary N) is 1. The summed E-state index contributed by atoms with van der Waals surface area (Å²) in [6.07, 6.45) is 2.77. The highest BCUT2D eigenvalue weighted by Crippen LogP contribution is 2.48. The predicted molar refractivity (Wildman–Crippen MR) is 133 cm³/mol. The van der Waals surface area contributed by atoms with Crippen LogP contribution in [0.5, 0.6) is 0 Å². The summed E-state index contributed by atoms with van der Waals surface area (Å²) < 4.78 is 5.49. The lowest BCUT2D eigenvalue weighted by Crippen LogP contribution is -2.42. The topological polar surface area (TPSA) is 75.8 Å². The molecule has 3 aliphatic rings. The number of nitrogens with zero attached hydrogens (tertiary/aromatic N) is 1. The number of benzene rings is 2. The van der Waals surface area contributed by atoms with Gasteiger partial charge in [0.1, 0.15) is 0 Å². The molecular weight excluding hydrogens is 439 g/mol. The Morgan fingerprint density at radius 1 is 1.25 bits per heavy atom. The monoisotopic (exact) mass is 468 g/mol. The van der Waals surface area contributed by atoms with Crippen molar-refractivity contribution >= 4 is 42.9 Å². The number of rotatable bonds is 4. The third-order valence-corrected chi connectivity index (χ3v) is 9.21. The van der Waals surface area contributed by atoms with Crippen LogP contribution in [0.15, 0.2) is 42.5 Å². The molecule has 2 aromatic rings. The smallest absolute Gasteiger partial charge is 0.423 e. The summed E-state index contributed by atoms with van der Waals surface area (Å²) in [6.45, 7) is 2.59. The Balaban J connectivity index is 1.23. The van der Waals surface area contributed by atoms with Crippen molar-refractivity contribution in [1.29, 1.82) is 0 Å². The number of piperidine rings is 1. The van der Waals surface area contributed by atoms with E-state index in [0.29, 0.717) is 19.1 Å². The van der Waals surface area contributed by atoms with Gasteiger partial charge in [0, 0.05) is 25.6 Å². The van der Waals surface area contributed by atoms with Crippen LogP contribution in [0.25, 0.3) is 0 Å². The first-order valence-electron chi connectivity index (χ1n) is 11.4. The summed E-state index contributed by atoms with van der Waals surface area (Å²) in [7, 11) is -0.846. The maximum atomic E-state index is 13.3. The fourth-order valence-electron chi connectivity index (χ4n) is 5.34. The Bertz CT molecular complexity index is 999. The van der Waals surface area contributed by atoms with Crippen LogP contribution in [0.1, 0.15) is 53.4 Å². The average Bonchev–Trinajstić information content (AvgIpc) is 3.41. The lowest BCUT2D eigenvalue weighted by Gasteiger charge is -2.33. The Morgan fingerprint density at radius 2 is 2.03 bits per heavy atom. The molecule has 3 N–H and O–H groups in total. The van der Waals surface area contributed by atoms with Gasteiger partial charge < -0.3 is 20.3 Å². The minimum atomic E-state index is -0.846. The maximum Gasteiger partial charge on any atom is 0.491 e. The molecule has 0 aliphatic carbocycles. The molecule has 0 bridgehead atoms.